The first-order valence-corrected chi connectivity index (χ1v) is 11.3. The van der Waals surface area contributed by atoms with Crippen molar-refractivity contribution in [2.75, 3.05) is 24.5 Å². The number of aromatic nitrogens is 5. The Kier molecular flexibility index (Phi) is 5.74. The molecule has 0 aliphatic carbocycles. The van der Waals surface area contributed by atoms with Crippen LogP contribution in [0.15, 0.2) is 61.3 Å². The number of carbonyl (C=O) groups is 1. The van der Waals surface area contributed by atoms with E-state index in [0.717, 1.165) is 22.4 Å². The number of halogens is 1. The molecule has 3 aromatic heterocycles. The highest BCUT2D eigenvalue weighted by Gasteiger charge is 2.38. The van der Waals surface area contributed by atoms with Crippen molar-refractivity contribution in [2.24, 2.45) is 5.73 Å². The van der Waals surface area contributed by atoms with E-state index >= 15 is 0 Å². The SMILES string of the molecule is NC1(C(=O)NCC(c2ccc(Cl)cc2)n2cccn2)CCN(c2ncnc3[nH]ccc23)CC1. The number of nitrogens with two attached hydrogens (primary N) is 1. The maximum Gasteiger partial charge on any atom is 0.240 e. The molecule has 0 radical (unpaired) electrons. The number of H-pyrrole nitrogens is 1. The average Bonchev–Trinajstić information content (AvgIpc) is 3.53. The van der Waals surface area contributed by atoms with Gasteiger partial charge >= 0.3 is 0 Å². The smallest absolute Gasteiger partial charge is 0.240 e. The Morgan fingerprint density at radius 1 is 1.21 bits per heavy atom. The molecule has 9 nitrogen and oxygen atoms in total. The van der Waals surface area contributed by atoms with Gasteiger partial charge in [-0.05, 0) is 42.7 Å². The summed E-state index contributed by atoms with van der Waals surface area (Å²) in [4.78, 5) is 27.1. The molecule has 0 spiro atoms. The van der Waals surface area contributed by atoms with E-state index in [1.165, 1.54) is 0 Å². The third-order valence-electron chi connectivity index (χ3n) is 6.30. The van der Waals surface area contributed by atoms with E-state index in [0.29, 0.717) is 37.5 Å². The number of hydrogen-bond acceptors (Lipinski definition) is 6. The zero-order chi connectivity index (χ0) is 22.8. The van der Waals surface area contributed by atoms with Gasteiger partial charge in [0.2, 0.25) is 5.91 Å². The zero-order valence-electron chi connectivity index (χ0n) is 18.0. The Balaban J connectivity index is 1.25. The lowest BCUT2D eigenvalue weighted by atomic mass is 9.87. The van der Waals surface area contributed by atoms with Gasteiger partial charge in [-0.1, -0.05) is 23.7 Å². The van der Waals surface area contributed by atoms with Crippen molar-refractivity contribution >= 4 is 34.4 Å². The van der Waals surface area contributed by atoms with Crippen LogP contribution in [0.25, 0.3) is 11.0 Å². The maximum absolute atomic E-state index is 13.2. The van der Waals surface area contributed by atoms with Crippen LogP contribution in [0, 0.1) is 0 Å². The second-order valence-corrected chi connectivity index (χ2v) is 8.78. The van der Waals surface area contributed by atoms with Gasteiger partial charge in [0.1, 0.15) is 17.8 Å². The van der Waals surface area contributed by atoms with Crippen molar-refractivity contribution in [3.8, 4) is 0 Å². The first-order valence-electron chi connectivity index (χ1n) is 10.9. The fourth-order valence-electron chi connectivity index (χ4n) is 4.33. The van der Waals surface area contributed by atoms with Gasteiger partial charge < -0.3 is 20.9 Å². The Labute approximate surface area is 196 Å². The van der Waals surface area contributed by atoms with Gasteiger partial charge in [0.25, 0.3) is 0 Å². The summed E-state index contributed by atoms with van der Waals surface area (Å²) in [5.41, 5.74) is 7.45. The summed E-state index contributed by atoms with van der Waals surface area (Å²) in [7, 11) is 0. The second-order valence-electron chi connectivity index (χ2n) is 8.34. The Bertz CT molecular complexity index is 1230. The van der Waals surface area contributed by atoms with Gasteiger partial charge in [-0.2, -0.15) is 5.10 Å². The fourth-order valence-corrected chi connectivity index (χ4v) is 4.46. The normalized spacial score (nSPS) is 16.6. The van der Waals surface area contributed by atoms with Crippen molar-refractivity contribution in [3.05, 3.63) is 71.9 Å². The Morgan fingerprint density at radius 3 is 2.73 bits per heavy atom. The lowest BCUT2D eigenvalue weighted by molar-refractivity contribution is -0.127. The van der Waals surface area contributed by atoms with Crippen molar-refractivity contribution < 1.29 is 4.79 Å². The van der Waals surface area contributed by atoms with E-state index in [-0.39, 0.29) is 11.9 Å². The van der Waals surface area contributed by atoms with Gasteiger partial charge in [0.15, 0.2) is 0 Å². The van der Waals surface area contributed by atoms with E-state index in [9.17, 15) is 4.79 Å². The van der Waals surface area contributed by atoms with Crippen molar-refractivity contribution in [3.63, 3.8) is 0 Å². The molecule has 1 aromatic carbocycles. The predicted octanol–water partition coefficient (Wildman–Crippen LogP) is 2.51. The van der Waals surface area contributed by atoms with E-state index in [1.54, 1.807) is 12.5 Å². The molecular formula is C23H25ClN8O. The lowest BCUT2D eigenvalue weighted by Gasteiger charge is -2.38. The lowest BCUT2D eigenvalue weighted by Crippen LogP contribution is -2.60. The molecule has 1 fully saturated rings. The van der Waals surface area contributed by atoms with Gasteiger partial charge in [0.05, 0.1) is 17.0 Å². The minimum absolute atomic E-state index is 0.150. The van der Waals surface area contributed by atoms with Gasteiger partial charge in [-0.15, -0.1) is 0 Å². The molecule has 4 aromatic rings. The molecule has 1 amide bonds. The number of piperidine rings is 1. The number of aromatic amines is 1. The number of nitrogens with zero attached hydrogens (tertiary/aromatic N) is 5. The molecule has 170 valence electrons. The highest BCUT2D eigenvalue weighted by atomic mass is 35.5. The number of nitrogens with one attached hydrogen (secondary N) is 2. The van der Waals surface area contributed by atoms with Crippen LogP contribution in [-0.4, -0.2) is 55.8 Å². The van der Waals surface area contributed by atoms with E-state index in [4.69, 9.17) is 17.3 Å². The zero-order valence-corrected chi connectivity index (χ0v) is 18.7. The summed E-state index contributed by atoms with van der Waals surface area (Å²) in [5.74, 6) is 0.716. The summed E-state index contributed by atoms with van der Waals surface area (Å²) in [6.45, 7) is 1.66. The first kappa shape index (κ1) is 21.4. The standard InChI is InChI=1S/C23H25ClN8O/c24-17-4-2-16(3-5-17)19(32-11-1-9-30-32)14-27-22(33)23(25)7-12-31(13-8-23)21-18-6-10-26-20(18)28-15-29-21/h1-6,9-11,15,19H,7-8,12-14,25H2,(H,27,33)(H,26,28,29). The van der Waals surface area contributed by atoms with E-state index < -0.39 is 5.54 Å². The number of anilines is 1. The topological polar surface area (TPSA) is 118 Å². The molecular weight excluding hydrogens is 440 g/mol. The van der Waals surface area contributed by atoms with Crippen molar-refractivity contribution in [1.29, 1.82) is 0 Å². The minimum Gasteiger partial charge on any atom is -0.356 e. The van der Waals surface area contributed by atoms with Crippen LogP contribution in [-0.2, 0) is 4.79 Å². The van der Waals surface area contributed by atoms with Gasteiger partial charge in [-0.3, -0.25) is 9.48 Å². The monoisotopic (exact) mass is 464 g/mol. The molecule has 5 rings (SSSR count). The van der Waals surface area contributed by atoms with Crippen LogP contribution in [0.3, 0.4) is 0 Å². The first-order chi connectivity index (χ1) is 16.0. The van der Waals surface area contributed by atoms with Crippen LogP contribution >= 0.6 is 11.6 Å². The number of carbonyl (C=O) groups excluding carboxylic acids is 1. The van der Waals surface area contributed by atoms with Gasteiger partial charge in [-0.25, -0.2) is 9.97 Å². The molecule has 1 atom stereocenters. The number of benzene rings is 1. The third-order valence-corrected chi connectivity index (χ3v) is 6.55. The predicted molar refractivity (Wildman–Crippen MR) is 127 cm³/mol. The van der Waals surface area contributed by atoms with Crippen molar-refractivity contribution in [2.45, 2.75) is 24.4 Å². The van der Waals surface area contributed by atoms with Crippen molar-refractivity contribution in [1.82, 2.24) is 30.0 Å². The molecule has 0 bridgehead atoms. The molecule has 1 unspecified atom stereocenters. The average molecular weight is 465 g/mol. The molecule has 1 saturated heterocycles. The van der Waals surface area contributed by atoms with Crippen LogP contribution in [0.5, 0.6) is 0 Å². The maximum atomic E-state index is 13.2. The highest BCUT2D eigenvalue weighted by molar-refractivity contribution is 6.30. The molecule has 1 aliphatic rings. The van der Waals surface area contributed by atoms with E-state index in [2.05, 4.69) is 30.3 Å². The third kappa shape index (κ3) is 4.29. The summed E-state index contributed by atoms with van der Waals surface area (Å²) >= 11 is 6.05. The van der Waals surface area contributed by atoms with Gasteiger partial charge in [0, 0.05) is 43.2 Å². The highest BCUT2D eigenvalue weighted by Crippen LogP contribution is 2.28. The molecule has 1 aliphatic heterocycles. The molecule has 4 N–H and O–H groups in total. The second kappa shape index (κ2) is 8.84. The van der Waals surface area contributed by atoms with Crippen LogP contribution in [0.2, 0.25) is 5.02 Å². The number of amides is 1. The quantitative estimate of drug-likeness (QED) is 0.403. The minimum atomic E-state index is -0.935. The summed E-state index contributed by atoms with van der Waals surface area (Å²) < 4.78 is 1.83. The Hall–Kier alpha value is -3.43. The Morgan fingerprint density at radius 2 is 2.00 bits per heavy atom. The van der Waals surface area contributed by atoms with Crippen LogP contribution in [0.1, 0.15) is 24.4 Å². The summed E-state index contributed by atoms with van der Waals surface area (Å²) in [5, 5.41) is 9.07. The molecule has 0 saturated carbocycles. The summed E-state index contributed by atoms with van der Waals surface area (Å²) in [6.07, 6.45) is 8.07. The molecule has 33 heavy (non-hydrogen) atoms. The number of rotatable bonds is 6. The summed E-state index contributed by atoms with van der Waals surface area (Å²) in [6, 6.07) is 11.2. The van der Waals surface area contributed by atoms with Crippen LogP contribution in [0.4, 0.5) is 5.82 Å². The van der Waals surface area contributed by atoms with E-state index in [1.807, 2.05) is 53.5 Å². The fraction of sp³-hybridized carbons (Fsp3) is 0.304. The van der Waals surface area contributed by atoms with Crippen LogP contribution < -0.4 is 16.0 Å². The molecule has 4 heterocycles. The molecule has 10 heteroatoms. The number of hydrogen-bond donors (Lipinski definition) is 3. The number of fused-ring (bicyclic) bond motifs is 1. The largest absolute Gasteiger partial charge is 0.356 e.